The van der Waals surface area contributed by atoms with Crippen LogP contribution in [0.2, 0.25) is 0 Å². The molecule has 0 unspecified atom stereocenters. The topological polar surface area (TPSA) is 114 Å². The van der Waals surface area contributed by atoms with Crippen LogP contribution >= 0.6 is 0 Å². The third-order valence-corrected chi connectivity index (χ3v) is 5.04. The molecule has 3 aromatic rings. The van der Waals surface area contributed by atoms with Gasteiger partial charge in [0, 0.05) is 24.1 Å². The second kappa shape index (κ2) is 16.6. The fourth-order valence-corrected chi connectivity index (χ4v) is 2.96. The molecule has 208 valence electrons. The van der Waals surface area contributed by atoms with E-state index >= 15 is 0 Å². The lowest BCUT2D eigenvalue weighted by molar-refractivity contribution is -0.138. The minimum atomic E-state index is -0.561. The highest BCUT2D eigenvalue weighted by Gasteiger charge is 2.11. The highest BCUT2D eigenvalue weighted by Crippen LogP contribution is 2.24. The van der Waals surface area contributed by atoms with Crippen molar-refractivity contribution >= 4 is 24.2 Å². The molecule has 0 saturated carbocycles. The van der Waals surface area contributed by atoms with Crippen molar-refractivity contribution in [1.82, 2.24) is 0 Å². The van der Waals surface area contributed by atoms with E-state index in [4.69, 9.17) is 23.7 Å². The lowest BCUT2D eigenvalue weighted by Gasteiger charge is -2.09. The van der Waals surface area contributed by atoms with Gasteiger partial charge in [-0.25, -0.2) is 14.4 Å². The standard InChI is InChI=1S/C18H16O5.C13H14O4/c1-4-17(19)22-14-7-5-13(6-8-14)18(20)23-16-10-9-15(21-3)11-12(16)2;1-2-13(15)17-9-3-8-16-12-6-4-11(10-14)5-7-12/h4-11H,1H2,2-3H3;2,4-7,10H,1,3,8-9H2. The zero-order valence-corrected chi connectivity index (χ0v) is 22.3. The van der Waals surface area contributed by atoms with Crippen LogP contribution in [0.5, 0.6) is 23.0 Å². The summed E-state index contributed by atoms with van der Waals surface area (Å²) < 4.78 is 25.6. The molecule has 40 heavy (non-hydrogen) atoms. The highest BCUT2D eigenvalue weighted by molar-refractivity contribution is 5.91. The van der Waals surface area contributed by atoms with Gasteiger partial charge in [0.15, 0.2) is 0 Å². The zero-order chi connectivity index (χ0) is 29.3. The number of hydrogen-bond acceptors (Lipinski definition) is 9. The first-order valence-electron chi connectivity index (χ1n) is 12.1. The maximum Gasteiger partial charge on any atom is 0.343 e. The highest BCUT2D eigenvalue weighted by atomic mass is 16.5. The fraction of sp³-hybridized carbons (Fsp3) is 0.161. The largest absolute Gasteiger partial charge is 0.497 e. The Morgan fingerprint density at radius 1 is 0.775 bits per heavy atom. The minimum absolute atomic E-state index is 0.303. The summed E-state index contributed by atoms with van der Waals surface area (Å²) in [6, 6.07) is 18.0. The Morgan fingerprint density at radius 2 is 1.40 bits per heavy atom. The molecule has 0 aliphatic heterocycles. The Kier molecular flexibility index (Phi) is 12.9. The van der Waals surface area contributed by atoms with Gasteiger partial charge < -0.3 is 23.7 Å². The SMILES string of the molecule is C=CC(=O)OCCCOc1ccc(C=O)cc1.C=CC(=O)Oc1ccc(C(=O)Oc2ccc(OC)cc2C)cc1. The Balaban J connectivity index is 0.000000294. The van der Waals surface area contributed by atoms with Gasteiger partial charge >= 0.3 is 17.9 Å². The van der Waals surface area contributed by atoms with Crippen molar-refractivity contribution in [2.24, 2.45) is 0 Å². The second-order valence-corrected chi connectivity index (χ2v) is 7.93. The molecule has 0 fully saturated rings. The molecule has 0 heterocycles. The van der Waals surface area contributed by atoms with Crippen molar-refractivity contribution in [3.8, 4) is 23.0 Å². The van der Waals surface area contributed by atoms with E-state index in [9.17, 15) is 19.2 Å². The Morgan fingerprint density at radius 3 is 1.98 bits per heavy atom. The third-order valence-electron chi connectivity index (χ3n) is 5.04. The van der Waals surface area contributed by atoms with Gasteiger partial charge in [-0.15, -0.1) is 0 Å². The first kappa shape index (κ1) is 31.0. The average Bonchev–Trinajstić information content (AvgIpc) is 2.98. The van der Waals surface area contributed by atoms with Gasteiger partial charge in [0.2, 0.25) is 0 Å². The van der Waals surface area contributed by atoms with Crippen molar-refractivity contribution in [2.75, 3.05) is 20.3 Å². The number of carbonyl (C=O) groups is 4. The number of ether oxygens (including phenoxy) is 5. The number of carbonyl (C=O) groups excluding carboxylic acids is 4. The molecule has 0 bridgehead atoms. The normalized spacial score (nSPS) is 9.65. The summed E-state index contributed by atoms with van der Waals surface area (Å²) in [6.45, 7) is 9.18. The van der Waals surface area contributed by atoms with Gasteiger partial charge in [-0.3, -0.25) is 4.79 Å². The van der Waals surface area contributed by atoms with Crippen LogP contribution in [-0.4, -0.2) is 44.5 Å². The number of aldehydes is 1. The summed E-state index contributed by atoms with van der Waals surface area (Å²) in [5, 5.41) is 0. The van der Waals surface area contributed by atoms with E-state index in [2.05, 4.69) is 13.2 Å². The number of methoxy groups -OCH3 is 1. The van der Waals surface area contributed by atoms with Crippen molar-refractivity contribution in [2.45, 2.75) is 13.3 Å². The molecule has 0 spiro atoms. The van der Waals surface area contributed by atoms with Gasteiger partial charge in [-0.1, -0.05) is 13.2 Å². The van der Waals surface area contributed by atoms with E-state index < -0.39 is 17.9 Å². The monoisotopic (exact) mass is 546 g/mol. The van der Waals surface area contributed by atoms with Crippen LogP contribution in [0.25, 0.3) is 0 Å². The van der Waals surface area contributed by atoms with Crippen molar-refractivity contribution in [3.63, 3.8) is 0 Å². The first-order chi connectivity index (χ1) is 19.3. The van der Waals surface area contributed by atoms with Gasteiger partial charge in [0.05, 0.1) is 25.9 Å². The predicted octanol–water partition coefficient (Wildman–Crippen LogP) is 5.31. The molecule has 0 atom stereocenters. The predicted molar refractivity (Wildman–Crippen MR) is 148 cm³/mol. The minimum Gasteiger partial charge on any atom is -0.497 e. The lowest BCUT2D eigenvalue weighted by atomic mass is 10.2. The van der Waals surface area contributed by atoms with E-state index in [1.807, 2.05) is 6.92 Å². The van der Waals surface area contributed by atoms with Crippen molar-refractivity contribution in [3.05, 3.63) is 109 Å². The summed E-state index contributed by atoms with van der Waals surface area (Å²) in [5.41, 5.74) is 1.74. The van der Waals surface area contributed by atoms with Gasteiger partial charge in [-0.2, -0.15) is 0 Å². The molecular weight excluding hydrogens is 516 g/mol. The summed E-state index contributed by atoms with van der Waals surface area (Å²) in [6.07, 6.45) is 3.57. The maximum atomic E-state index is 12.1. The number of esters is 3. The van der Waals surface area contributed by atoms with E-state index in [1.54, 1.807) is 49.6 Å². The maximum absolute atomic E-state index is 12.1. The van der Waals surface area contributed by atoms with E-state index in [0.717, 1.165) is 24.0 Å². The summed E-state index contributed by atoms with van der Waals surface area (Å²) in [4.78, 5) is 44.3. The molecule has 9 heteroatoms. The van der Waals surface area contributed by atoms with Gasteiger partial charge in [0.1, 0.15) is 29.3 Å². The van der Waals surface area contributed by atoms with Crippen molar-refractivity contribution < 1.29 is 42.9 Å². The quantitative estimate of drug-likeness (QED) is 0.0980. The van der Waals surface area contributed by atoms with Gasteiger partial charge in [-0.05, 0) is 79.2 Å². The Bertz CT molecular complexity index is 1310. The number of hydrogen-bond donors (Lipinski definition) is 0. The van der Waals surface area contributed by atoms with Crippen LogP contribution in [0.1, 0.15) is 32.7 Å². The smallest absolute Gasteiger partial charge is 0.343 e. The Hall–Kier alpha value is -5.18. The van der Waals surface area contributed by atoms with E-state index in [-0.39, 0.29) is 0 Å². The lowest BCUT2D eigenvalue weighted by Crippen LogP contribution is -2.09. The molecule has 0 aliphatic carbocycles. The van der Waals surface area contributed by atoms with Crippen LogP contribution in [0, 0.1) is 6.92 Å². The van der Waals surface area contributed by atoms with Crippen LogP contribution in [0.15, 0.2) is 92.0 Å². The molecule has 0 aromatic heterocycles. The summed E-state index contributed by atoms with van der Waals surface area (Å²) in [7, 11) is 1.57. The van der Waals surface area contributed by atoms with E-state index in [0.29, 0.717) is 53.8 Å². The zero-order valence-electron chi connectivity index (χ0n) is 22.3. The number of benzene rings is 3. The fourth-order valence-electron chi connectivity index (χ4n) is 2.96. The van der Waals surface area contributed by atoms with Crippen LogP contribution in [0.4, 0.5) is 0 Å². The molecule has 0 amide bonds. The Labute approximate surface area is 232 Å². The number of aryl methyl sites for hydroxylation is 1. The molecule has 0 N–H and O–H groups in total. The second-order valence-electron chi connectivity index (χ2n) is 7.93. The van der Waals surface area contributed by atoms with E-state index in [1.165, 1.54) is 24.3 Å². The van der Waals surface area contributed by atoms with Crippen LogP contribution in [0.3, 0.4) is 0 Å². The number of rotatable bonds is 12. The molecular formula is C31H30O9. The van der Waals surface area contributed by atoms with Gasteiger partial charge in [0.25, 0.3) is 0 Å². The van der Waals surface area contributed by atoms with Crippen LogP contribution < -0.4 is 18.9 Å². The third kappa shape index (κ3) is 10.7. The molecule has 3 aromatic carbocycles. The first-order valence-corrected chi connectivity index (χ1v) is 12.1. The summed E-state index contributed by atoms with van der Waals surface area (Å²) in [5.74, 6) is 0.667. The molecule has 0 saturated heterocycles. The molecule has 3 rings (SSSR count). The van der Waals surface area contributed by atoms with Crippen molar-refractivity contribution in [1.29, 1.82) is 0 Å². The molecule has 9 nitrogen and oxygen atoms in total. The average molecular weight is 547 g/mol. The van der Waals surface area contributed by atoms with Crippen LogP contribution in [-0.2, 0) is 14.3 Å². The molecule has 0 aliphatic rings. The molecule has 0 radical (unpaired) electrons. The summed E-state index contributed by atoms with van der Waals surface area (Å²) >= 11 is 0.